The summed E-state index contributed by atoms with van der Waals surface area (Å²) < 4.78 is 0. The molecule has 2 heterocycles. The van der Waals surface area contributed by atoms with Crippen molar-refractivity contribution in [3.8, 4) is 0 Å². The van der Waals surface area contributed by atoms with E-state index in [4.69, 9.17) is 0 Å². The maximum absolute atomic E-state index is 12.7. The van der Waals surface area contributed by atoms with Crippen molar-refractivity contribution in [1.29, 1.82) is 0 Å². The molecule has 0 aromatic carbocycles. The quantitative estimate of drug-likeness (QED) is 0.886. The maximum atomic E-state index is 12.7. The molecule has 0 aliphatic carbocycles. The van der Waals surface area contributed by atoms with Crippen LogP contribution >= 0.6 is 0 Å². The second-order valence-corrected chi connectivity index (χ2v) is 4.96. The SMILES string of the molecule is CCC1(C(=O)N(C)c2cccnc2)CCNCC1. The zero-order valence-electron chi connectivity index (χ0n) is 11.1. The van der Waals surface area contributed by atoms with Crippen molar-refractivity contribution in [3.63, 3.8) is 0 Å². The summed E-state index contributed by atoms with van der Waals surface area (Å²) in [6.07, 6.45) is 6.21. The molecule has 4 nitrogen and oxygen atoms in total. The zero-order valence-corrected chi connectivity index (χ0v) is 11.1. The van der Waals surface area contributed by atoms with Gasteiger partial charge in [0.05, 0.1) is 17.3 Å². The first-order valence-corrected chi connectivity index (χ1v) is 6.58. The lowest BCUT2D eigenvalue weighted by Gasteiger charge is -2.38. The van der Waals surface area contributed by atoms with Crippen LogP contribution in [0.15, 0.2) is 24.5 Å². The number of piperidine rings is 1. The van der Waals surface area contributed by atoms with E-state index in [0.29, 0.717) is 0 Å². The van der Waals surface area contributed by atoms with Gasteiger partial charge < -0.3 is 10.2 Å². The van der Waals surface area contributed by atoms with Crippen molar-refractivity contribution in [2.75, 3.05) is 25.0 Å². The molecule has 0 unspecified atom stereocenters. The molecule has 1 amide bonds. The highest BCUT2D eigenvalue weighted by molar-refractivity contribution is 5.97. The van der Waals surface area contributed by atoms with Crippen LogP contribution in [0.4, 0.5) is 5.69 Å². The fourth-order valence-electron chi connectivity index (χ4n) is 2.65. The predicted molar refractivity (Wildman–Crippen MR) is 72.5 cm³/mol. The van der Waals surface area contributed by atoms with Gasteiger partial charge in [-0.25, -0.2) is 0 Å². The third-order valence-corrected chi connectivity index (χ3v) is 4.03. The molecule has 1 aliphatic rings. The lowest BCUT2D eigenvalue weighted by molar-refractivity contribution is -0.129. The number of hydrogen-bond acceptors (Lipinski definition) is 3. The number of carbonyl (C=O) groups is 1. The molecule has 98 valence electrons. The smallest absolute Gasteiger partial charge is 0.233 e. The van der Waals surface area contributed by atoms with E-state index in [1.807, 2.05) is 19.2 Å². The summed E-state index contributed by atoms with van der Waals surface area (Å²) in [7, 11) is 1.85. The Labute approximate surface area is 108 Å². The van der Waals surface area contributed by atoms with Crippen LogP contribution < -0.4 is 10.2 Å². The van der Waals surface area contributed by atoms with Gasteiger partial charge in [0.1, 0.15) is 0 Å². The molecule has 1 N–H and O–H groups in total. The van der Waals surface area contributed by atoms with E-state index in [-0.39, 0.29) is 11.3 Å². The minimum Gasteiger partial charge on any atom is -0.317 e. The number of carbonyl (C=O) groups excluding carboxylic acids is 1. The number of nitrogens with one attached hydrogen (secondary N) is 1. The Balaban J connectivity index is 2.19. The Bertz CT molecular complexity index is 399. The van der Waals surface area contributed by atoms with Crippen molar-refractivity contribution in [3.05, 3.63) is 24.5 Å². The topological polar surface area (TPSA) is 45.2 Å². The first-order valence-electron chi connectivity index (χ1n) is 6.58. The molecule has 1 aromatic rings. The zero-order chi connectivity index (χ0) is 13.0. The molecule has 2 rings (SSSR count). The average Bonchev–Trinajstić information content (AvgIpc) is 2.47. The standard InChI is InChI=1S/C14H21N3O/c1-3-14(6-9-15-10-7-14)13(18)17(2)12-5-4-8-16-11-12/h4-5,8,11,15H,3,6-7,9-10H2,1-2H3. The highest BCUT2D eigenvalue weighted by Gasteiger charge is 2.39. The van der Waals surface area contributed by atoms with Gasteiger partial charge in [-0.2, -0.15) is 0 Å². The van der Waals surface area contributed by atoms with Crippen LogP contribution in [0, 0.1) is 5.41 Å². The Morgan fingerprint density at radius 2 is 2.22 bits per heavy atom. The summed E-state index contributed by atoms with van der Waals surface area (Å²) >= 11 is 0. The summed E-state index contributed by atoms with van der Waals surface area (Å²) in [5.74, 6) is 0.222. The van der Waals surface area contributed by atoms with Gasteiger partial charge in [-0.15, -0.1) is 0 Å². The molecule has 1 aromatic heterocycles. The third kappa shape index (κ3) is 2.38. The van der Waals surface area contributed by atoms with E-state index < -0.39 is 0 Å². The summed E-state index contributed by atoms with van der Waals surface area (Å²) in [6, 6.07) is 3.79. The molecule has 18 heavy (non-hydrogen) atoms. The number of nitrogens with zero attached hydrogens (tertiary/aromatic N) is 2. The van der Waals surface area contributed by atoms with Crippen LogP contribution in [-0.4, -0.2) is 31.0 Å². The summed E-state index contributed by atoms with van der Waals surface area (Å²) in [4.78, 5) is 18.5. The lowest BCUT2D eigenvalue weighted by Crippen LogP contribution is -2.48. The van der Waals surface area contributed by atoms with Crippen LogP contribution in [0.1, 0.15) is 26.2 Å². The van der Waals surface area contributed by atoms with Crippen molar-refractivity contribution in [1.82, 2.24) is 10.3 Å². The number of rotatable bonds is 3. The highest BCUT2D eigenvalue weighted by atomic mass is 16.2. The van der Waals surface area contributed by atoms with E-state index in [0.717, 1.165) is 38.0 Å². The molecule has 1 fully saturated rings. The Morgan fingerprint density at radius 3 is 2.78 bits per heavy atom. The van der Waals surface area contributed by atoms with Crippen molar-refractivity contribution < 1.29 is 4.79 Å². The van der Waals surface area contributed by atoms with Crippen molar-refractivity contribution in [2.24, 2.45) is 5.41 Å². The first-order chi connectivity index (χ1) is 8.69. The van der Waals surface area contributed by atoms with Gasteiger partial charge >= 0.3 is 0 Å². The van der Waals surface area contributed by atoms with E-state index >= 15 is 0 Å². The monoisotopic (exact) mass is 247 g/mol. The van der Waals surface area contributed by atoms with E-state index in [2.05, 4.69) is 17.2 Å². The summed E-state index contributed by atoms with van der Waals surface area (Å²) in [5, 5.41) is 3.32. The van der Waals surface area contributed by atoms with Gasteiger partial charge in [0, 0.05) is 13.2 Å². The van der Waals surface area contributed by atoms with Gasteiger partial charge in [0.2, 0.25) is 5.91 Å². The van der Waals surface area contributed by atoms with Gasteiger partial charge in [-0.05, 0) is 44.5 Å². The molecule has 0 atom stereocenters. The Hall–Kier alpha value is -1.42. The summed E-state index contributed by atoms with van der Waals surface area (Å²) in [5.41, 5.74) is 0.671. The predicted octanol–water partition coefficient (Wildman–Crippen LogP) is 1.82. The Kier molecular flexibility index (Phi) is 3.97. The average molecular weight is 247 g/mol. The van der Waals surface area contributed by atoms with Gasteiger partial charge in [-0.3, -0.25) is 9.78 Å². The molecule has 0 spiro atoms. The lowest BCUT2D eigenvalue weighted by atomic mass is 9.75. The molecule has 0 bridgehead atoms. The third-order valence-electron chi connectivity index (χ3n) is 4.03. The molecule has 0 saturated carbocycles. The minimum absolute atomic E-state index is 0.199. The van der Waals surface area contributed by atoms with Gasteiger partial charge in [0.15, 0.2) is 0 Å². The van der Waals surface area contributed by atoms with E-state index in [9.17, 15) is 4.79 Å². The van der Waals surface area contributed by atoms with Crippen molar-refractivity contribution >= 4 is 11.6 Å². The molecular formula is C14H21N3O. The summed E-state index contributed by atoms with van der Waals surface area (Å²) in [6.45, 7) is 3.97. The number of anilines is 1. The molecule has 1 aliphatic heterocycles. The maximum Gasteiger partial charge on any atom is 0.233 e. The van der Waals surface area contributed by atoms with Crippen LogP contribution in [0.5, 0.6) is 0 Å². The Morgan fingerprint density at radius 1 is 1.50 bits per heavy atom. The van der Waals surface area contributed by atoms with Gasteiger partial charge in [0.25, 0.3) is 0 Å². The van der Waals surface area contributed by atoms with Crippen LogP contribution in [0.3, 0.4) is 0 Å². The first kappa shape index (κ1) is 13.0. The largest absolute Gasteiger partial charge is 0.317 e. The molecule has 4 heteroatoms. The molecular weight excluding hydrogens is 226 g/mol. The normalized spacial score (nSPS) is 18.3. The number of hydrogen-bond donors (Lipinski definition) is 1. The molecule has 0 radical (unpaired) electrons. The van der Waals surface area contributed by atoms with Gasteiger partial charge in [-0.1, -0.05) is 6.92 Å². The highest BCUT2D eigenvalue weighted by Crippen LogP contribution is 2.35. The van der Waals surface area contributed by atoms with Crippen LogP contribution in [-0.2, 0) is 4.79 Å². The van der Waals surface area contributed by atoms with Crippen LogP contribution in [0.2, 0.25) is 0 Å². The molecule has 1 saturated heterocycles. The van der Waals surface area contributed by atoms with E-state index in [1.54, 1.807) is 17.3 Å². The number of amides is 1. The van der Waals surface area contributed by atoms with Crippen LogP contribution in [0.25, 0.3) is 0 Å². The fourth-order valence-corrected chi connectivity index (χ4v) is 2.65. The number of aromatic nitrogens is 1. The second-order valence-electron chi connectivity index (χ2n) is 4.96. The fraction of sp³-hybridized carbons (Fsp3) is 0.571. The number of pyridine rings is 1. The van der Waals surface area contributed by atoms with Crippen molar-refractivity contribution in [2.45, 2.75) is 26.2 Å². The second kappa shape index (κ2) is 5.48. The van der Waals surface area contributed by atoms with E-state index in [1.165, 1.54) is 0 Å². The minimum atomic E-state index is -0.199.